The highest BCUT2D eigenvalue weighted by atomic mass is 16.5. The van der Waals surface area contributed by atoms with Crippen LogP contribution in [-0.4, -0.2) is 13.4 Å². The normalized spacial score (nSPS) is 12.7. The molecule has 13 aromatic carbocycles. The minimum absolute atomic E-state index is 0.281. The van der Waals surface area contributed by atoms with Gasteiger partial charge >= 0.3 is 0 Å². The molecule has 0 fully saturated rings. The van der Waals surface area contributed by atoms with Crippen LogP contribution in [0.2, 0.25) is 0 Å². The monoisotopic (exact) mass is 1110 g/mol. The largest absolute Gasteiger partial charge is 0.456 e. The molecule has 0 saturated heterocycles. The van der Waals surface area contributed by atoms with E-state index < -0.39 is 0 Å². The fraction of sp³-hybridized carbons (Fsp3) is 0. The first-order chi connectivity index (χ1) is 43.2. The molecule has 4 heterocycles. The van der Waals surface area contributed by atoms with Crippen molar-refractivity contribution in [3.8, 4) is 23.0 Å². The molecule has 408 valence electrons. The lowest BCUT2D eigenvalue weighted by Gasteiger charge is -2.44. The average molecular weight is 1110 g/mol. The summed E-state index contributed by atoms with van der Waals surface area (Å²) in [4.78, 5) is 11.9. The van der Waals surface area contributed by atoms with Crippen LogP contribution >= 0.6 is 0 Å². The van der Waals surface area contributed by atoms with Crippen molar-refractivity contribution in [2.75, 3.05) is 24.5 Å². The Labute approximate surface area is 507 Å². The van der Waals surface area contributed by atoms with Crippen LogP contribution in [0.25, 0.3) is 0 Å². The van der Waals surface area contributed by atoms with Gasteiger partial charge in [0.25, 0.3) is 13.4 Å². The molecule has 4 aliphatic heterocycles. The Bertz CT molecular complexity index is 4350. The third-order valence-corrected chi connectivity index (χ3v) is 17.4. The van der Waals surface area contributed by atoms with Gasteiger partial charge in [-0.15, -0.1) is 0 Å². The van der Waals surface area contributed by atoms with Crippen molar-refractivity contribution in [3.63, 3.8) is 0 Å². The number of hydrogen-bond acceptors (Lipinski definition) is 7. The Hall–Kier alpha value is -11.4. The molecule has 0 aromatic heterocycles. The van der Waals surface area contributed by atoms with E-state index in [2.05, 4.69) is 346 Å². The van der Waals surface area contributed by atoms with Crippen LogP contribution in [0.5, 0.6) is 23.0 Å². The summed E-state index contributed by atoms with van der Waals surface area (Å²) in [7, 11) is 0. The van der Waals surface area contributed by atoms with Gasteiger partial charge in [0.1, 0.15) is 17.2 Å². The Morgan fingerprint density at radius 3 is 0.862 bits per heavy atom. The molecule has 7 nitrogen and oxygen atoms in total. The van der Waals surface area contributed by atoms with Crippen molar-refractivity contribution in [1.29, 1.82) is 0 Å². The average Bonchev–Trinajstić information content (AvgIpc) is 0.808. The molecule has 0 amide bonds. The van der Waals surface area contributed by atoms with Crippen LogP contribution < -0.4 is 66.8 Å². The molecule has 0 spiro atoms. The number of para-hydroxylation sites is 10. The molecule has 0 atom stereocenters. The first-order valence-corrected chi connectivity index (χ1v) is 29.7. The highest BCUT2D eigenvalue weighted by molar-refractivity contribution is 7.02. The summed E-state index contributed by atoms with van der Waals surface area (Å²) >= 11 is 0. The van der Waals surface area contributed by atoms with Crippen molar-refractivity contribution >= 4 is 132 Å². The molecule has 0 N–H and O–H groups in total. The van der Waals surface area contributed by atoms with Crippen molar-refractivity contribution in [3.05, 3.63) is 322 Å². The predicted molar refractivity (Wildman–Crippen MR) is 362 cm³/mol. The van der Waals surface area contributed by atoms with E-state index in [-0.39, 0.29) is 13.4 Å². The zero-order valence-corrected chi connectivity index (χ0v) is 47.3. The van der Waals surface area contributed by atoms with Crippen molar-refractivity contribution < 1.29 is 9.47 Å². The highest BCUT2D eigenvalue weighted by Crippen LogP contribution is 2.54. The summed E-state index contributed by atoms with van der Waals surface area (Å²) in [5, 5.41) is 0. The summed E-state index contributed by atoms with van der Waals surface area (Å²) < 4.78 is 16.1. The van der Waals surface area contributed by atoms with Crippen molar-refractivity contribution in [1.82, 2.24) is 0 Å². The standard InChI is InChI=1S/C78H53B2N5O2/c1-9-29-54(30-10-1)81(55-31-11-2-12-32-55)62-49-70-74-72(51-62)86-77-66(79(74)64-45-25-27-47-68(64)84(70)60-41-21-7-22-42-60)53-67-78(76(77)83(58-37-17-5-18-38-58)59-39-19-6-20-40-59)87-73-52-63(82(56-33-13-3-14-34-56)57-35-15-4-16-36-57)50-71-75(73)80(67)65-46-26-28-48-69(65)85(71)61-43-23-8-24-44-61/h1-53H. The van der Waals surface area contributed by atoms with Gasteiger partial charge in [0.15, 0.2) is 11.5 Å². The SMILES string of the molecule is c1ccc(N(c2ccccc2)c2cc3c4c(c2)N(c2ccccc2)c2ccccc2B4c2cc4c(c(N(c5ccccc5)c5ccccc5)c2O3)Oc2cc(N(c3ccccc3)c3ccccc3)cc3c2B4c2ccccc2N3c2ccccc2)cc1. The Morgan fingerprint density at radius 2 is 0.529 bits per heavy atom. The molecule has 17 rings (SSSR count). The molecule has 4 aliphatic rings. The molecular weight excluding hydrogens is 1060 g/mol. The van der Waals surface area contributed by atoms with E-state index in [0.717, 1.165) is 130 Å². The van der Waals surface area contributed by atoms with Crippen LogP contribution in [0, 0.1) is 0 Å². The predicted octanol–water partition coefficient (Wildman–Crippen LogP) is 16.9. The highest BCUT2D eigenvalue weighted by Gasteiger charge is 2.49. The number of rotatable bonds is 11. The lowest BCUT2D eigenvalue weighted by Crippen LogP contribution is -2.63. The van der Waals surface area contributed by atoms with Crippen molar-refractivity contribution in [2.45, 2.75) is 0 Å². The van der Waals surface area contributed by atoms with Gasteiger partial charge in [-0.25, -0.2) is 0 Å². The number of ether oxygens (including phenoxy) is 2. The second kappa shape index (κ2) is 20.7. The third kappa shape index (κ3) is 8.23. The molecule has 87 heavy (non-hydrogen) atoms. The van der Waals surface area contributed by atoms with Gasteiger partial charge in [-0.3, -0.25) is 0 Å². The molecule has 0 saturated carbocycles. The first-order valence-electron chi connectivity index (χ1n) is 29.7. The van der Waals surface area contributed by atoms with Crippen LogP contribution in [0.15, 0.2) is 322 Å². The number of fused-ring (bicyclic) bond motifs is 8. The second-order valence-corrected chi connectivity index (χ2v) is 22.4. The fourth-order valence-electron chi connectivity index (χ4n) is 13.9. The van der Waals surface area contributed by atoms with Gasteiger partial charge in [-0.1, -0.05) is 188 Å². The Kier molecular flexibility index (Phi) is 11.9. The van der Waals surface area contributed by atoms with Crippen molar-refractivity contribution in [2.24, 2.45) is 0 Å². The number of hydrogen-bond donors (Lipinski definition) is 0. The smallest absolute Gasteiger partial charge is 0.256 e. The zero-order chi connectivity index (χ0) is 57.4. The van der Waals surface area contributed by atoms with E-state index in [9.17, 15) is 0 Å². The van der Waals surface area contributed by atoms with Gasteiger partial charge in [-0.2, -0.15) is 0 Å². The molecule has 0 aliphatic carbocycles. The summed E-state index contributed by atoms with van der Waals surface area (Å²) in [6.07, 6.45) is 0. The Balaban J connectivity index is 0.990. The first kappa shape index (κ1) is 50.1. The molecule has 0 radical (unpaired) electrons. The maximum absolute atomic E-state index is 8.03. The summed E-state index contributed by atoms with van der Waals surface area (Å²) in [5.74, 6) is 2.97. The van der Waals surface area contributed by atoms with E-state index in [1.807, 2.05) is 0 Å². The summed E-state index contributed by atoms with van der Waals surface area (Å²) in [6, 6.07) is 115. The van der Waals surface area contributed by atoms with Gasteiger partial charge in [0, 0.05) is 80.4 Å². The van der Waals surface area contributed by atoms with E-state index in [1.54, 1.807) is 0 Å². The third-order valence-electron chi connectivity index (χ3n) is 17.4. The topological polar surface area (TPSA) is 34.7 Å². The van der Waals surface area contributed by atoms with E-state index in [1.165, 1.54) is 10.9 Å². The molecular formula is C78H53B2N5O2. The van der Waals surface area contributed by atoms with Crippen LogP contribution in [-0.2, 0) is 0 Å². The van der Waals surface area contributed by atoms with Gasteiger partial charge < -0.3 is 34.0 Å². The Morgan fingerprint density at radius 1 is 0.241 bits per heavy atom. The molecule has 0 unspecified atom stereocenters. The lowest BCUT2D eigenvalue weighted by molar-refractivity contribution is 0.468. The summed E-state index contributed by atoms with van der Waals surface area (Å²) in [6.45, 7) is -0.562. The van der Waals surface area contributed by atoms with Gasteiger partial charge in [0.05, 0.1) is 11.4 Å². The quantitative estimate of drug-likeness (QED) is 0.119. The summed E-state index contributed by atoms with van der Waals surface area (Å²) in [5.41, 5.74) is 21.8. The van der Waals surface area contributed by atoms with E-state index >= 15 is 0 Å². The minimum atomic E-state index is -0.281. The minimum Gasteiger partial charge on any atom is -0.456 e. The lowest BCUT2D eigenvalue weighted by atomic mass is 9.31. The maximum Gasteiger partial charge on any atom is 0.256 e. The number of nitrogens with zero attached hydrogens (tertiary/aromatic N) is 5. The molecule has 0 bridgehead atoms. The molecule has 13 aromatic rings. The van der Waals surface area contributed by atoms with Crippen LogP contribution in [0.1, 0.15) is 0 Å². The molecule has 9 heteroatoms. The number of benzene rings is 13. The van der Waals surface area contributed by atoms with Gasteiger partial charge in [-0.05, 0) is 154 Å². The maximum atomic E-state index is 8.03. The van der Waals surface area contributed by atoms with E-state index in [0.29, 0.717) is 0 Å². The van der Waals surface area contributed by atoms with Gasteiger partial charge in [0.2, 0.25) is 0 Å². The fourth-order valence-corrected chi connectivity index (χ4v) is 13.9. The zero-order valence-electron chi connectivity index (χ0n) is 47.3. The van der Waals surface area contributed by atoms with E-state index in [4.69, 9.17) is 9.47 Å². The van der Waals surface area contributed by atoms with Crippen LogP contribution in [0.3, 0.4) is 0 Å². The second-order valence-electron chi connectivity index (χ2n) is 22.4. The van der Waals surface area contributed by atoms with Crippen LogP contribution in [0.4, 0.5) is 85.3 Å². The number of anilines is 15.